The van der Waals surface area contributed by atoms with Gasteiger partial charge in [-0.3, -0.25) is 4.55 Å². The first-order valence-electron chi connectivity index (χ1n) is 3.61. The van der Waals surface area contributed by atoms with E-state index in [0.29, 0.717) is 0 Å². The molecule has 0 fully saturated rings. The normalized spacial score (nSPS) is 11.0. The molecule has 0 aliphatic heterocycles. The number of benzene rings is 1. The van der Waals surface area contributed by atoms with E-state index in [1.165, 1.54) is 25.3 Å². The third kappa shape index (κ3) is 2.30. The molecule has 76 valence electrons. The molecule has 0 saturated carbocycles. The second-order valence-corrected chi connectivity index (χ2v) is 3.92. The Bertz CT molecular complexity index is 449. The summed E-state index contributed by atoms with van der Waals surface area (Å²) in [7, 11) is -3.09. The number of esters is 1. The van der Waals surface area contributed by atoms with Crippen LogP contribution in [0.25, 0.3) is 0 Å². The van der Waals surface area contributed by atoms with Gasteiger partial charge in [-0.2, -0.15) is 8.42 Å². The summed E-state index contributed by atoms with van der Waals surface area (Å²) in [6.07, 6.45) is 0. The molecule has 1 rings (SSSR count). The molecule has 1 N–H and O–H groups in total. The zero-order valence-corrected chi connectivity index (χ0v) is 8.11. The van der Waals surface area contributed by atoms with Crippen molar-refractivity contribution in [3.63, 3.8) is 0 Å². The van der Waals surface area contributed by atoms with Gasteiger partial charge < -0.3 is 4.74 Å². The van der Waals surface area contributed by atoms with Crippen LogP contribution in [0.4, 0.5) is 0 Å². The molecule has 1 aromatic carbocycles. The van der Waals surface area contributed by atoms with Gasteiger partial charge in [-0.15, -0.1) is 0 Å². The number of hydrogen-bond acceptors (Lipinski definition) is 4. The van der Waals surface area contributed by atoms with Gasteiger partial charge in [-0.05, 0) is 18.2 Å². The minimum absolute atomic E-state index is 0.0719. The molecule has 14 heavy (non-hydrogen) atoms. The van der Waals surface area contributed by atoms with E-state index >= 15 is 0 Å². The van der Waals surface area contributed by atoms with Crippen molar-refractivity contribution in [3.05, 3.63) is 29.8 Å². The number of carbonyl (C=O) groups excluding carboxylic acids is 1. The van der Waals surface area contributed by atoms with Crippen molar-refractivity contribution < 1.29 is 22.5 Å². The van der Waals surface area contributed by atoms with Gasteiger partial charge in [0.15, 0.2) is 0 Å². The average Bonchev–Trinajstić information content (AvgIpc) is 2.15. The molecule has 0 amide bonds. The van der Waals surface area contributed by atoms with Gasteiger partial charge in [-0.25, -0.2) is 4.79 Å². The Kier molecular flexibility index (Phi) is 2.87. The van der Waals surface area contributed by atoms with Gasteiger partial charge in [0.2, 0.25) is 0 Å². The van der Waals surface area contributed by atoms with Crippen molar-refractivity contribution in [2.75, 3.05) is 7.11 Å². The molecule has 6 heteroatoms. The first-order chi connectivity index (χ1) is 6.45. The lowest BCUT2D eigenvalue weighted by atomic mass is 10.2. The van der Waals surface area contributed by atoms with Crippen LogP contribution < -0.4 is 0 Å². The fourth-order valence-electron chi connectivity index (χ4n) is 0.901. The maximum Gasteiger partial charge on any atom is 0.337 e. The molecule has 0 spiro atoms. The maximum absolute atomic E-state index is 11.0. The zero-order chi connectivity index (χ0) is 10.8. The Labute approximate surface area is 81.1 Å². The van der Waals surface area contributed by atoms with Gasteiger partial charge in [0.25, 0.3) is 10.1 Å². The Morgan fingerprint density at radius 1 is 1.43 bits per heavy atom. The SMILES string of the molecule is COC(=O)c1cccc(S(=O)(=O)O)c1. The predicted molar refractivity (Wildman–Crippen MR) is 47.6 cm³/mol. The minimum Gasteiger partial charge on any atom is -0.465 e. The lowest BCUT2D eigenvalue weighted by Crippen LogP contribution is -2.04. The molecule has 0 saturated heterocycles. The van der Waals surface area contributed by atoms with Crippen LogP contribution in [0.3, 0.4) is 0 Å². The molecule has 0 atom stereocenters. The van der Waals surface area contributed by atoms with Crippen molar-refractivity contribution in [2.45, 2.75) is 4.90 Å². The summed E-state index contributed by atoms with van der Waals surface area (Å²) >= 11 is 0. The second kappa shape index (κ2) is 3.77. The summed E-state index contributed by atoms with van der Waals surface area (Å²) < 4.78 is 34.5. The minimum atomic E-state index is -4.27. The highest BCUT2D eigenvalue weighted by Crippen LogP contribution is 2.11. The van der Waals surface area contributed by atoms with Gasteiger partial charge in [0.05, 0.1) is 17.6 Å². The average molecular weight is 216 g/mol. The van der Waals surface area contributed by atoms with E-state index in [2.05, 4.69) is 4.74 Å². The first kappa shape index (κ1) is 10.7. The van der Waals surface area contributed by atoms with Crippen LogP contribution in [0.2, 0.25) is 0 Å². The third-order valence-corrected chi connectivity index (χ3v) is 2.40. The van der Waals surface area contributed by atoms with Crippen LogP contribution in [-0.4, -0.2) is 26.0 Å². The Morgan fingerprint density at radius 2 is 2.07 bits per heavy atom. The lowest BCUT2D eigenvalue weighted by Gasteiger charge is -2.00. The molecule has 0 radical (unpaired) electrons. The van der Waals surface area contributed by atoms with E-state index < -0.39 is 16.1 Å². The summed E-state index contributed by atoms with van der Waals surface area (Å²) in [6, 6.07) is 4.96. The Morgan fingerprint density at radius 3 is 2.57 bits per heavy atom. The Balaban J connectivity index is 3.21. The Hall–Kier alpha value is -1.40. The van der Waals surface area contributed by atoms with Gasteiger partial charge >= 0.3 is 5.97 Å². The van der Waals surface area contributed by atoms with E-state index in [1.54, 1.807) is 0 Å². The topological polar surface area (TPSA) is 80.7 Å². The van der Waals surface area contributed by atoms with Crippen molar-refractivity contribution in [1.29, 1.82) is 0 Å². The standard InChI is InChI=1S/C8H8O5S/c1-13-8(9)6-3-2-4-7(5-6)14(10,11)12/h2-5H,1H3,(H,10,11,12). The number of carbonyl (C=O) groups is 1. The van der Waals surface area contributed by atoms with Crippen LogP contribution in [0.15, 0.2) is 29.2 Å². The van der Waals surface area contributed by atoms with E-state index in [9.17, 15) is 13.2 Å². The molecule has 0 aromatic heterocycles. The van der Waals surface area contributed by atoms with E-state index in [-0.39, 0.29) is 10.5 Å². The monoisotopic (exact) mass is 216 g/mol. The van der Waals surface area contributed by atoms with Crippen molar-refractivity contribution in [1.82, 2.24) is 0 Å². The van der Waals surface area contributed by atoms with Gasteiger partial charge in [-0.1, -0.05) is 6.07 Å². The highest BCUT2D eigenvalue weighted by Gasteiger charge is 2.12. The molecule has 0 unspecified atom stereocenters. The number of hydrogen-bond donors (Lipinski definition) is 1. The van der Waals surface area contributed by atoms with Crippen LogP contribution in [0, 0.1) is 0 Å². The van der Waals surface area contributed by atoms with Crippen LogP contribution >= 0.6 is 0 Å². The molecule has 1 aromatic rings. The highest BCUT2D eigenvalue weighted by atomic mass is 32.2. The molecular weight excluding hydrogens is 208 g/mol. The molecular formula is C8H8O5S. The van der Waals surface area contributed by atoms with Crippen molar-refractivity contribution in [3.8, 4) is 0 Å². The second-order valence-electron chi connectivity index (χ2n) is 2.49. The highest BCUT2D eigenvalue weighted by molar-refractivity contribution is 7.85. The van der Waals surface area contributed by atoms with Crippen molar-refractivity contribution in [2.24, 2.45) is 0 Å². The summed E-state index contributed by atoms with van der Waals surface area (Å²) in [6.45, 7) is 0. The fourth-order valence-corrected chi connectivity index (χ4v) is 1.43. The largest absolute Gasteiger partial charge is 0.465 e. The van der Waals surface area contributed by atoms with E-state index in [0.717, 1.165) is 6.07 Å². The predicted octanol–water partition coefficient (Wildman–Crippen LogP) is 0.720. The van der Waals surface area contributed by atoms with E-state index in [1.807, 2.05) is 0 Å². The van der Waals surface area contributed by atoms with Crippen LogP contribution in [0.1, 0.15) is 10.4 Å². The maximum atomic E-state index is 11.0. The lowest BCUT2D eigenvalue weighted by molar-refractivity contribution is 0.0600. The fraction of sp³-hybridized carbons (Fsp3) is 0.125. The molecule has 5 nitrogen and oxygen atoms in total. The summed E-state index contributed by atoms with van der Waals surface area (Å²) in [5, 5.41) is 0. The van der Waals surface area contributed by atoms with E-state index in [4.69, 9.17) is 4.55 Å². The molecule has 0 aliphatic rings. The summed E-state index contributed by atoms with van der Waals surface area (Å²) in [5.41, 5.74) is 0.0719. The zero-order valence-electron chi connectivity index (χ0n) is 7.30. The van der Waals surface area contributed by atoms with Crippen LogP contribution in [-0.2, 0) is 14.9 Å². The first-order valence-corrected chi connectivity index (χ1v) is 5.05. The quantitative estimate of drug-likeness (QED) is 0.582. The van der Waals surface area contributed by atoms with Crippen molar-refractivity contribution >= 4 is 16.1 Å². The van der Waals surface area contributed by atoms with Gasteiger partial charge in [0, 0.05) is 0 Å². The number of methoxy groups -OCH3 is 1. The smallest absolute Gasteiger partial charge is 0.337 e. The molecule has 0 aliphatic carbocycles. The summed E-state index contributed by atoms with van der Waals surface area (Å²) in [5.74, 6) is -0.657. The number of rotatable bonds is 2. The summed E-state index contributed by atoms with van der Waals surface area (Å²) in [4.78, 5) is 10.7. The van der Waals surface area contributed by atoms with Crippen LogP contribution in [0.5, 0.6) is 0 Å². The molecule has 0 bridgehead atoms. The number of ether oxygens (including phenoxy) is 1. The van der Waals surface area contributed by atoms with Gasteiger partial charge in [0.1, 0.15) is 0 Å². The molecule has 0 heterocycles. The third-order valence-electron chi connectivity index (χ3n) is 1.55.